The highest BCUT2D eigenvalue weighted by atomic mass is 19.3. The Bertz CT molecular complexity index is 2280. The number of ether oxygens (including phenoxy) is 2. The molecule has 4 aromatic carbocycles. The van der Waals surface area contributed by atoms with Gasteiger partial charge in [0.1, 0.15) is 28.6 Å². The van der Waals surface area contributed by atoms with Crippen LogP contribution in [0, 0.1) is 13.8 Å². The van der Waals surface area contributed by atoms with Gasteiger partial charge in [0, 0.05) is 35.4 Å². The first-order chi connectivity index (χ1) is 25.0. The number of aromatic nitrogens is 2. The van der Waals surface area contributed by atoms with Gasteiger partial charge >= 0.3 is 19.2 Å². The minimum absolute atomic E-state index is 0.0663. The van der Waals surface area contributed by atoms with Crippen LogP contribution in [0.1, 0.15) is 48.4 Å². The van der Waals surface area contributed by atoms with Crippen molar-refractivity contribution in [3.8, 4) is 45.5 Å². The number of aryl methyl sites for hydroxylation is 1. The van der Waals surface area contributed by atoms with Gasteiger partial charge in [-0.25, -0.2) is 9.97 Å². The number of benzene rings is 4. The molecule has 0 unspecified atom stereocenters. The summed E-state index contributed by atoms with van der Waals surface area (Å²) in [5.41, 5.74) is 7.41. The Labute approximate surface area is 295 Å². The molecular formula is C39H35F4N3O6. The molecule has 6 aromatic rings. The highest BCUT2D eigenvalue weighted by Crippen LogP contribution is 2.40. The Hall–Kier alpha value is -5.43. The van der Waals surface area contributed by atoms with E-state index in [4.69, 9.17) is 28.3 Å². The van der Waals surface area contributed by atoms with Gasteiger partial charge in [0.2, 0.25) is 11.8 Å². The molecule has 1 fully saturated rings. The number of carbonyl (C=O) groups is 1. The summed E-state index contributed by atoms with van der Waals surface area (Å²) in [7, 11) is 0. The number of alkyl halides is 4. The lowest BCUT2D eigenvalue weighted by Gasteiger charge is -2.22. The Morgan fingerprint density at radius 2 is 1.33 bits per heavy atom. The van der Waals surface area contributed by atoms with Gasteiger partial charge in [-0.2, -0.15) is 17.6 Å². The number of halogens is 4. The van der Waals surface area contributed by atoms with Gasteiger partial charge in [0.15, 0.2) is 11.2 Å². The van der Waals surface area contributed by atoms with Crippen molar-refractivity contribution in [2.24, 2.45) is 0 Å². The SMILES string of the molecule is CCCc1cc2nc(-c3cccc(-c4cccc(-c5nc6cc(CN7CCC[C@H]7C(=O)O)c(OC(F)F)cc6o5)c4C)c3C)oc2cc1OC(F)F. The van der Waals surface area contributed by atoms with E-state index >= 15 is 0 Å². The first kappa shape index (κ1) is 35.0. The molecule has 0 aliphatic carbocycles. The summed E-state index contributed by atoms with van der Waals surface area (Å²) in [6, 6.07) is 16.9. The number of likely N-dealkylation sites (tertiary alicyclic amines) is 1. The molecule has 0 amide bonds. The average Bonchev–Trinajstić information content (AvgIpc) is 3.83. The second kappa shape index (κ2) is 14.3. The minimum atomic E-state index is -3.09. The number of hydrogen-bond donors (Lipinski definition) is 1. The predicted molar refractivity (Wildman–Crippen MR) is 186 cm³/mol. The number of rotatable bonds is 12. The first-order valence-corrected chi connectivity index (χ1v) is 16.9. The lowest BCUT2D eigenvalue weighted by Crippen LogP contribution is -2.35. The van der Waals surface area contributed by atoms with Gasteiger partial charge < -0.3 is 23.4 Å². The Morgan fingerprint density at radius 3 is 1.83 bits per heavy atom. The fourth-order valence-electron chi connectivity index (χ4n) is 7.06. The van der Waals surface area contributed by atoms with Gasteiger partial charge in [-0.05, 0) is 91.7 Å². The molecule has 1 atom stereocenters. The quantitative estimate of drug-likeness (QED) is 0.124. The Morgan fingerprint density at radius 1 is 0.827 bits per heavy atom. The van der Waals surface area contributed by atoms with Crippen LogP contribution < -0.4 is 9.47 Å². The number of hydrogen-bond acceptors (Lipinski definition) is 8. The molecule has 1 aliphatic heterocycles. The molecule has 1 N–H and O–H groups in total. The number of carboxylic acids is 1. The van der Waals surface area contributed by atoms with Crippen LogP contribution in [0.4, 0.5) is 17.6 Å². The van der Waals surface area contributed by atoms with Crippen molar-refractivity contribution < 1.29 is 45.8 Å². The van der Waals surface area contributed by atoms with E-state index < -0.39 is 25.2 Å². The fraction of sp³-hybridized carbons (Fsp3) is 0.308. The van der Waals surface area contributed by atoms with E-state index in [2.05, 4.69) is 0 Å². The summed E-state index contributed by atoms with van der Waals surface area (Å²) >= 11 is 0. The molecule has 7 rings (SSSR count). The summed E-state index contributed by atoms with van der Waals surface area (Å²) in [6.45, 7) is 0.395. The maximum atomic E-state index is 13.5. The molecule has 52 heavy (non-hydrogen) atoms. The lowest BCUT2D eigenvalue weighted by atomic mass is 9.91. The zero-order valence-corrected chi connectivity index (χ0v) is 28.6. The minimum Gasteiger partial charge on any atom is -0.480 e. The molecule has 1 aliphatic rings. The lowest BCUT2D eigenvalue weighted by molar-refractivity contribution is -0.142. The van der Waals surface area contributed by atoms with Crippen molar-refractivity contribution >= 4 is 28.2 Å². The summed E-state index contributed by atoms with van der Waals surface area (Å²) in [5.74, 6) is -0.383. The zero-order chi connectivity index (χ0) is 36.7. The molecule has 0 saturated carbocycles. The molecule has 1 saturated heterocycles. The average molecular weight is 718 g/mol. The van der Waals surface area contributed by atoms with E-state index in [1.165, 1.54) is 12.1 Å². The normalized spacial score (nSPS) is 15.1. The summed E-state index contributed by atoms with van der Waals surface area (Å²) in [5, 5.41) is 9.63. The maximum Gasteiger partial charge on any atom is 0.387 e. The zero-order valence-electron chi connectivity index (χ0n) is 28.6. The summed E-state index contributed by atoms with van der Waals surface area (Å²) in [6.07, 6.45) is 2.44. The van der Waals surface area contributed by atoms with E-state index in [0.29, 0.717) is 65.0 Å². The molecule has 270 valence electrons. The molecule has 13 heteroatoms. The van der Waals surface area contributed by atoms with Crippen LogP contribution in [-0.2, 0) is 17.8 Å². The van der Waals surface area contributed by atoms with Gasteiger partial charge in [-0.1, -0.05) is 37.6 Å². The van der Waals surface area contributed by atoms with Gasteiger partial charge in [-0.3, -0.25) is 9.69 Å². The molecular weight excluding hydrogens is 682 g/mol. The second-order valence-corrected chi connectivity index (χ2v) is 12.8. The van der Waals surface area contributed by atoms with Crippen LogP contribution in [-0.4, -0.2) is 51.8 Å². The van der Waals surface area contributed by atoms with Crippen molar-refractivity contribution in [2.45, 2.75) is 72.3 Å². The van der Waals surface area contributed by atoms with E-state index in [1.807, 2.05) is 57.2 Å². The predicted octanol–water partition coefficient (Wildman–Crippen LogP) is 9.79. The van der Waals surface area contributed by atoms with Crippen molar-refractivity contribution in [2.75, 3.05) is 6.54 Å². The number of fused-ring (bicyclic) bond motifs is 2. The summed E-state index contributed by atoms with van der Waals surface area (Å²) in [4.78, 5) is 22.9. The molecule has 0 spiro atoms. The van der Waals surface area contributed by atoms with Crippen molar-refractivity contribution in [1.29, 1.82) is 0 Å². The van der Waals surface area contributed by atoms with Crippen LogP contribution in [0.25, 0.3) is 56.2 Å². The molecule has 3 heterocycles. The van der Waals surface area contributed by atoms with E-state index in [1.54, 1.807) is 17.0 Å². The van der Waals surface area contributed by atoms with Crippen LogP contribution in [0.2, 0.25) is 0 Å². The van der Waals surface area contributed by atoms with Gasteiger partial charge in [0.25, 0.3) is 0 Å². The Balaban J connectivity index is 1.24. The third-order valence-electron chi connectivity index (χ3n) is 9.53. The van der Waals surface area contributed by atoms with Crippen LogP contribution in [0.5, 0.6) is 11.5 Å². The fourth-order valence-corrected chi connectivity index (χ4v) is 7.06. The number of carboxylic acid groups (broad SMARTS) is 1. The van der Waals surface area contributed by atoms with Crippen molar-refractivity contribution in [3.63, 3.8) is 0 Å². The summed E-state index contributed by atoms with van der Waals surface area (Å²) < 4.78 is 75.0. The number of oxazole rings is 2. The van der Waals surface area contributed by atoms with E-state index in [9.17, 15) is 27.5 Å². The number of aliphatic carboxylic acids is 1. The largest absolute Gasteiger partial charge is 0.480 e. The highest BCUT2D eigenvalue weighted by Gasteiger charge is 2.31. The standard InChI is InChI=1S/C39H35F4N3O6/c1-4-8-22-15-28-33(17-31(22)51-38(40)41)49-35(44-28)26-11-5-9-24(20(26)2)25-10-6-12-27(21(25)3)36-45-29-16-23(19-46-14-7-13-30(46)37(47)48)32(52-39(42)43)18-34(29)50-36/h5-6,9-12,15-18,30,38-39H,4,7-8,13-14,19H2,1-3H3,(H,47,48)/t30-/m0/s1. The van der Waals surface area contributed by atoms with Crippen LogP contribution >= 0.6 is 0 Å². The van der Waals surface area contributed by atoms with Gasteiger partial charge in [0.05, 0.1) is 0 Å². The van der Waals surface area contributed by atoms with Crippen LogP contribution in [0.3, 0.4) is 0 Å². The highest BCUT2D eigenvalue weighted by molar-refractivity contribution is 5.85. The molecule has 0 bridgehead atoms. The molecule has 2 aromatic heterocycles. The van der Waals surface area contributed by atoms with E-state index in [-0.39, 0.29) is 29.5 Å². The molecule has 9 nitrogen and oxygen atoms in total. The third kappa shape index (κ3) is 6.80. The van der Waals surface area contributed by atoms with Gasteiger partial charge in [-0.15, -0.1) is 0 Å². The van der Waals surface area contributed by atoms with E-state index in [0.717, 1.165) is 34.2 Å². The number of nitrogens with zero attached hydrogens (tertiary/aromatic N) is 3. The van der Waals surface area contributed by atoms with Crippen molar-refractivity contribution in [3.05, 3.63) is 82.9 Å². The first-order valence-electron chi connectivity index (χ1n) is 16.9. The maximum absolute atomic E-state index is 13.5. The molecule has 0 radical (unpaired) electrons. The Kier molecular flexibility index (Phi) is 9.62. The third-order valence-corrected chi connectivity index (χ3v) is 9.53. The second-order valence-electron chi connectivity index (χ2n) is 12.8. The van der Waals surface area contributed by atoms with Crippen LogP contribution in [0.15, 0.2) is 69.5 Å². The topological polar surface area (TPSA) is 111 Å². The smallest absolute Gasteiger partial charge is 0.387 e. The monoisotopic (exact) mass is 717 g/mol. The van der Waals surface area contributed by atoms with Crippen molar-refractivity contribution in [1.82, 2.24) is 14.9 Å².